The van der Waals surface area contributed by atoms with Crippen LogP contribution in [-0.2, 0) is 4.74 Å². The molecule has 0 N–H and O–H groups in total. The zero-order valence-electron chi connectivity index (χ0n) is 21.1. The summed E-state index contributed by atoms with van der Waals surface area (Å²) in [4.78, 5) is 31.6. The molecule has 0 aliphatic carbocycles. The van der Waals surface area contributed by atoms with Crippen LogP contribution in [0.5, 0.6) is 17.2 Å². The second-order valence-corrected chi connectivity index (χ2v) is 10.7. The fraction of sp³-hybridized carbons (Fsp3) is 0.423. The molecule has 194 valence electrons. The molecule has 0 atom stereocenters. The Hall–Kier alpha value is -2.72. The summed E-state index contributed by atoms with van der Waals surface area (Å²) in [7, 11) is 0. The van der Waals surface area contributed by atoms with Crippen molar-refractivity contribution in [3.8, 4) is 17.2 Å². The molecule has 0 fully saturated rings. The van der Waals surface area contributed by atoms with Crippen LogP contribution >= 0.6 is 27.7 Å². The van der Waals surface area contributed by atoms with Gasteiger partial charge in [-0.3, -0.25) is 4.79 Å². The van der Waals surface area contributed by atoms with Crippen LogP contribution in [0.3, 0.4) is 0 Å². The maximum Gasteiger partial charge on any atom is 0.410 e. The lowest BCUT2D eigenvalue weighted by Gasteiger charge is -2.30. The number of carbonyl (C=O) groups excluding carboxylic acids is 2. The average Bonchev–Trinajstić information content (AvgIpc) is 3.27. The quantitative estimate of drug-likeness (QED) is 0.105. The van der Waals surface area contributed by atoms with Gasteiger partial charge in [0.05, 0.1) is 23.1 Å². The van der Waals surface area contributed by atoms with Gasteiger partial charge < -0.3 is 23.8 Å². The first-order valence-electron chi connectivity index (χ1n) is 11.5. The van der Waals surface area contributed by atoms with Crippen molar-refractivity contribution >= 4 is 50.8 Å². The summed E-state index contributed by atoms with van der Waals surface area (Å²) < 4.78 is 22.1. The molecule has 0 radical (unpaired) electrons. The van der Waals surface area contributed by atoms with Crippen molar-refractivity contribution in [3.63, 3.8) is 0 Å². The van der Waals surface area contributed by atoms with E-state index in [9.17, 15) is 9.59 Å². The number of ether oxygens (including phenoxy) is 4. The lowest BCUT2D eigenvalue weighted by atomic mass is 10.1. The van der Waals surface area contributed by atoms with Crippen molar-refractivity contribution in [1.82, 2.24) is 4.90 Å². The summed E-state index contributed by atoms with van der Waals surface area (Å²) >= 11 is 4.56. The van der Waals surface area contributed by atoms with E-state index < -0.39 is 5.60 Å². The monoisotopic (exact) mass is 578 g/mol. The van der Waals surface area contributed by atoms with Gasteiger partial charge in [0.25, 0.3) is 0 Å². The van der Waals surface area contributed by atoms with E-state index in [1.165, 1.54) is 11.8 Å². The number of carbonyl (C=O) groups is 2. The minimum absolute atomic E-state index is 0.00671. The van der Waals surface area contributed by atoms with Crippen LogP contribution in [0.2, 0.25) is 0 Å². The molecule has 2 aromatic rings. The van der Waals surface area contributed by atoms with Gasteiger partial charge in [-0.25, -0.2) is 9.79 Å². The van der Waals surface area contributed by atoms with Crippen LogP contribution in [-0.4, -0.2) is 59.2 Å². The number of hydrogen-bond donors (Lipinski definition) is 0. The molecule has 0 bridgehead atoms. The van der Waals surface area contributed by atoms with Gasteiger partial charge in [0.2, 0.25) is 6.79 Å². The number of ketones is 1. The molecule has 0 spiro atoms. The SMILES string of the molecule is CC(C)N(CCOc1ccc(N=CSc2cc3c(cc2C(=O)CBr)OCO3)cc1)C(=O)OC(C)(C)C. The predicted octanol–water partition coefficient (Wildman–Crippen LogP) is 6.47. The summed E-state index contributed by atoms with van der Waals surface area (Å²) in [5, 5.41) is 0.214. The average molecular weight is 580 g/mol. The first-order chi connectivity index (χ1) is 17.1. The van der Waals surface area contributed by atoms with Gasteiger partial charge in [0.15, 0.2) is 17.3 Å². The highest BCUT2D eigenvalue weighted by molar-refractivity contribution is 9.09. The zero-order valence-corrected chi connectivity index (χ0v) is 23.5. The van der Waals surface area contributed by atoms with E-state index in [1.54, 1.807) is 22.6 Å². The Morgan fingerprint density at radius 3 is 2.44 bits per heavy atom. The van der Waals surface area contributed by atoms with Crippen molar-refractivity contribution in [2.24, 2.45) is 4.99 Å². The third kappa shape index (κ3) is 7.89. The standard InChI is InChI=1S/C26H31BrN2O6S/c1-17(2)29(25(31)35-26(3,4)5)10-11-32-19-8-6-18(7-9-19)28-15-36-24-13-23-22(33-16-34-23)12-20(24)21(30)14-27/h6-9,12-13,15,17H,10-11,14,16H2,1-5H3. The molecule has 0 unspecified atom stereocenters. The van der Waals surface area contributed by atoms with Gasteiger partial charge in [0, 0.05) is 16.5 Å². The van der Waals surface area contributed by atoms with E-state index in [2.05, 4.69) is 20.9 Å². The van der Waals surface area contributed by atoms with Crippen molar-refractivity contribution in [2.45, 2.75) is 51.2 Å². The highest BCUT2D eigenvalue weighted by Gasteiger charge is 2.24. The number of halogens is 1. The molecule has 10 heteroatoms. The molecule has 3 rings (SSSR count). The van der Waals surface area contributed by atoms with Crippen molar-refractivity contribution < 1.29 is 28.5 Å². The van der Waals surface area contributed by atoms with Gasteiger partial charge in [-0.15, -0.1) is 0 Å². The summed E-state index contributed by atoms with van der Waals surface area (Å²) in [6.45, 7) is 10.3. The Morgan fingerprint density at radius 2 is 1.83 bits per heavy atom. The number of benzene rings is 2. The van der Waals surface area contributed by atoms with Crippen LogP contribution in [0.15, 0.2) is 46.3 Å². The lowest BCUT2D eigenvalue weighted by Crippen LogP contribution is -2.43. The normalized spacial score (nSPS) is 12.8. The first-order valence-corrected chi connectivity index (χ1v) is 13.5. The molecule has 0 saturated heterocycles. The van der Waals surface area contributed by atoms with Gasteiger partial charge in [-0.2, -0.15) is 0 Å². The number of alkyl halides is 1. The van der Waals surface area contributed by atoms with E-state index in [0.29, 0.717) is 36.0 Å². The number of nitrogens with zero attached hydrogens (tertiary/aromatic N) is 2. The fourth-order valence-electron chi connectivity index (χ4n) is 3.23. The van der Waals surface area contributed by atoms with E-state index in [-0.39, 0.29) is 30.0 Å². The minimum Gasteiger partial charge on any atom is -0.492 e. The number of Topliss-reactive ketones (excluding diaryl/α,β-unsaturated/α-hetero) is 1. The Morgan fingerprint density at radius 1 is 1.17 bits per heavy atom. The molecule has 0 aromatic heterocycles. The predicted molar refractivity (Wildman–Crippen MR) is 145 cm³/mol. The van der Waals surface area contributed by atoms with Crippen LogP contribution in [0.1, 0.15) is 45.0 Å². The summed E-state index contributed by atoms with van der Waals surface area (Å²) in [5.74, 6) is 1.81. The molecule has 2 aromatic carbocycles. The molecule has 1 heterocycles. The van der Waals surface area contributed by atoms with E-state index in [1.807, 2.05) is 58.9 Å². The minimum atomic E-state index is -0.548. The number of hydrogen-bond acceptors (Lipinski definition) is 8. The molecule has 0 saturated carbocycles. The Bertz CT molecular complexity index is 1100. The lowest BCUT2D eigenvalue weighted by molar-refractivity contribution is 0.0164. The van der Waals surface area contributed by atoms with E-state index >= 15 is 0 Å². The van der Waals surface area contributed by atoms with Gasteiger partial charge >= 0.3 is 6.09 Å². The molecular formula is C26H31BrN2O6S. The van der Waals surface area contributed by atoms with E-state index in [4.69, 9.17) is 18.9 Å². The number of thioether (sulfide) groups is 1. The van der Waals surface area contributed by atoms with Crippen molar-refractivity contribution in [2.75, 3.05) is 25.3 Å². The largest absolute Gasteiger partial charge is 0.492 e. The Labute approximate surface area is 224 Å². The maximum atomic E-state index is 12.4. The summed E-state index contributed by atoms with van der Waals surface area (Å²) in [6, 6.07) is 10.8. The first kappa shape index (κ1) is 27.9. The van der Waals surface area contributed by atoms with Gasteiger partial charge in [-0.1, -0.05) is 27.7 Å². The smallest absolute Gasteiger partial charge is 0.410 e. The topological polar surface area (TPSA) is 86.7 Å². The highest BCUT2D eigenvalue weighted by Crippen LogP contribution is 2.38. The molecular weight excluding hydrogens is 548 g/mol. The van der Waals surface area contributed by atoms with Crippen molar-refractivity contribution in [3.05, 3.63) is 42.0 Å². The molecule has 1 amide bonds. The second kappa shape index (κ2) is 12.5. The number of aliphatic imine (C=N–C) groups is 1. The highest BCUT2D eigenvalue weighted by atomic mass is 79.9. The van der Waals surface area contributed by atoms with Crippen LogP contribution < -0.4 is 14.2 Å². The van der Waals surface area contributed by atoms with Crippen LogP contribution in [0.25, 0.3) is 0 Å². The van der Waals surface area contributed by atoms with Crippen LogP contribution in [0.4, 0.5) is 10.5 Å². The Balaban J connectivity index is 1.56. The summed E-state index contributed by atoms with van der Waals surface area (Å²) in [6.07, 6.45) is -0.355. The van der Waals surface area contributed by atoms with Crippen molar-refractivity contribution in [1.29, 1.82) is 0 Å². The fourth-order valence-corrected chi connectivity index (χ4v) is 4.29. The number of amides is 1. The number of rotatable bonds is 10. The molecule has 1 aliphatic heterocycles. The molecule has 8 nitrogen and oxygen atoms in total. The molecule has 36 heavy (non-hydrogen) atoms. The van der Waals surface area contributed by atoms with E-state index in [0.717, 1.165) is 10.6 Å². The molecule has 1 aliphatic rings. The second-order valence-electron chi connectivity index (χ2n) is 9.22. The van der Waals surface area contributed by atoms with Crippen LogP contribution in [0, 0.1) is 0 Å². The number of fused-ring (bicyclic) bond motifs is 1. The third-order valence-corrected chi connectivity index (χ3v) is 6.28. The summed E-state index contributed by atoms with van der Waals surface area (Å²) in [5.41, 5.74) is 2.42. The zero-order chi connectivity index (χ0) is 26.3. The Kier molecular flexibility index (Phi) is 9.67. The van der Waals surface area contributed by atoms with Gasteiger partial charge in [0.1, 0.15) is 18.0 Å². The third-order valence-electron chi connectivity index (χ3n) is 4.97. The van der Waals surface area contributed by atoms with Gasteiger partial charge in [-0.05, 0) is 71.0 Å². The maximum absolute atomic E-state index is 12.4.